The molecule has 2 rings (SSSR count). The van der Waals surface area contributed by atoms with E-state index in [0.29, 0.717) is 17.7 Å². The minimum absolute atomic E-state index is 0.0258. The molecule has 0 spiro atoms. The van der Waals surface area contributed by atoms with E-state index in [2.05, 4.69) is 0 Å². The van der Waals surface area contributed by atoms with E-state index >= 15 is 0 Å². The van der Waals surface area contributed by atoms with Gasteiger partial charge in [0.2, 0.25) is 0 Å². The van der Waals surface area contributed by atoms with Crippen LogP contribution in [0.3, 0.4) is 0 Å². The van der Waals surface area contributed by atoms with E-state index in [-0.39, 0.29) is 24.3 Å². The number of hydrogen-bond acceptors (Lipinski definition) is 2. The van der Waals surface area contributed by atoms with Crippen molar-refractivity contribution in [2.24, 2.45) is 0 Å². The molecule has 0 heterocycles. The summed E-state index contributed by atoms with van der Waals surface area (Å²) in [7, 11) is 3.17. The Morgan fingerprint density at radius 1 is 0.821 bits per heavy atom. The van der Waals surface area contributed by atoms with Gasteiger partial charge in [0.05, 0.1) is 0 Å². The molecule has 0 unspecified atom stereocenters. The Balaban J connectivity index is 2.18. The predicted molar refractivity (Wildman–Crippen MR) is 90.4 cm³/mol. The number of benzene rings is 2. The fraction of sp³-hybridized carbons (Fsp3) is 0.316. The van der Waals surface area contributed by atoms with Crippen molar-refractivity contribution in [3.63, 3.8) is 0 Å². The summed E-state index contributed by atoms with van der Waals surface area (Å²) in [5, 5.41) is 0. The minimum Gasteiger partial charge on any atom is -0.457 e. The molecule has 0 saturated heterocycles. The summed E-state index contributed by atoms with van der Waals surface area (Å²) in [5.74, 6) is -15.5. The van der Waals surface area contributed by atoms with Gasteiger partial charge >= 0.3 is 17.8 Å². The predicted octanol–water partition coefficient (Wildman–Crippen LogP) is 5.56. The van der Waals surface area contributed by atoms with Crippen LogP contribution in [0.25, 0.3) is 0 Å². The van der Waals surface area contributed by atoms with Crippen molar-refractivity contribution in [1.29, 1.82) is 0 Å². The molecule has 0 aliphatic heterocycles. The van der Waals surface area contributed by atoms with Crippen LogP contribution in [0.4, 0.5) is 26.3 Å². The fourth-order valence-electron chi connectivity index (χ4n) is 2.25. The molecular formula is C19H17F6NO2. The lowest BCUT2D eigenvalue weighted by atomic mass is 9.98. The van der Waals surface area contributed by atoms with Gasteiger partial charge < -0.3 is 9.64 Å². The summed E-state index contributed by atoms with van der Waals surface area (Å²) < 4.78 is 85.8. The second-order valence-corrected chi connectivity index (χ2v) is 6.39. The van der Waals surface area contributed by atoms with Crippen LogP contribution in [0.5, 0.6) is 11.5 Å². The third-order valence-corrected chi connectivity index (χ3v) is 3.91. The van der Waals surface area contributed by atoms with Crippen LogP contribution in [0.2, 0.25) is 0 Å². The van der Waals surface area contributed by atoms with Crippen LogP contribution in [0, 0.1) is 0 Å². The van der Waals surface area contributed by atoms with Gasteiger partial charge in [0.25, 0.3) is 5.91 Å². The van der Waals surface area contributed by atoms with Gasteiger partial charge in [-0.05, 0) is 48.5 Å². The smallest absolute Gasteiger partial charge is 0.375 e. The topological polar surface area (TPSA) is 29.5 Å². The molecule has 3 nitrogen and oxygen atoms in total. The normalized spacial score (nSPS) is 12.6. The number of amides is 1. The van der Waals surface area contributed by atoms with Crippen molar-refractivity contribution in [3.05, 3.63) is 59.7 Å². The lowest BCUT2D eigenvalue weighted by Gasteiger charge is -2.31. The molecule has 2 aromatic rings. The Morgan fingerprint density at radius 2 is 1.25 bits per heavy atom. The van der Waals surface area contributed by atoms with Crippen LogP contribution in [-0.2, 0) is 5.92 Å². The molecule has 0 radical (unpaired) electrons. The van der Waals surface area contributed by atoms with Crippen molar-refractivity contribution in [3.8, 4) is 11.5 Å². The number of halogens is 6. The Hall–Kier alpha value is -2.71. The molecule has 0 saturated carbocycles. The number of nitrogens with zero attached hydrogens (tertiary/aromatic N) is 1. The van der Waals surface area contributed by atoms with Gasteiger partial charge in [-0.15, -0.1) is 0 Å². The average Bonchev–Trinajstić information content (AvgIpc) is 2.61. The summed E-state index contributed by atoms with van der Waals surface area (Å²) in [4.78, 5) is 13.2. The third kappa shape index (κ3) is 4.07. The largest absolute Gasteiger partial charge is 0.457 e. The zero-order valence-electron chi connectivity index (χ0n) is 15.2. The van der Waals surface area contributed by atoms with E-state index in [9.17, 15) is 31.1 Å². The van der Waals surface area contributed by atoms with Gasteiger partial charge in [-0.3, -0.25) is 4.79 Å². The summed E-state index contributed by atoms with van der Waals surface area (Å²) in [6.45, 7) is -0.261. The van der Waals surface area contributed by atoms with Crippen molar-refractivity contribution in [2.45, 2.75) is 24.7 Å². The molecule has 152 valence electrons. The summed E-state index contributed by atoms with van der Waals surface area (Å²) in [5.41, 5.74) is -0.867. The van der Waals surface area contributed by atoms with Gasteiger partial charge in [-0.2, -0.15) is 26.3 Å². The molecule has 0 bridgehead atoms. The van der Waals surface area contributed by atoms with Crippen molar-refractivity contribution >= 4 is 5.91 Å². The first-order valence-electron chi connectivity index (χ1n) is 8.01. The summed E-state index contributed by atoms with van der Waals surface area (Å²) in [6.07, 6.45) is 0. The summed E-state index contributed by atoms with van der Waals surface area (Å²) >= 11 is 0. The average molecular weight is 405 g/mol. The van der Waals surface area contributed by atoms with Gasteiger partial charge in [-0.1, -0.05) is 0 Å². The highest BCUT2D eigenvalue weighted by atomic mass is 19.3. The Bertz CT molecular complexity index is 827. The van der Waals surface area contributed by atoms with E-state index < -0.39 is 23.3 Å². The first kappa shape index (κ1) is 21.6. The number of carbonyl (C=O) groups excluding carboxylic acids is 1. The molecule has 0 aliphatic rings. The van der Waals surface area contributed by atoms with Gasteiger partial charge in [0, 0.05) is 32.1 Å². The maximum atomic E-state index is 13.9. The Kier molecular flexibility index (Phi) is 5.68. The molecule has 0 aromatic heterocycles. The van der Waals surface area contributed by atoms with Crippen LogP contribution >= 0.6 is 0 Å². The van der Waals surface area contributed by atoms with Crippen LogP contribution in [-0.4, -0.2) is 36.7 Å². The molecule has 28 heavy (non-hydrogen) atoms. The number of hydrogen-bond donors (Lipinski definition) is 0. The monoisotopic (exact) mass is 405 g/mol. The van der Waals surface area contributed by atoms with E-state index in [0.717, 1.165) is 12.1 Å². The molecule has 0 atom stereocenters. The quantitative estimate of drug-likeness (QED) is 0.589. The molecule has 0 aliphatic carbocycles. The fourth-order valence-corrected chi connectivity index (χ4v) is 2.25. The molecule has 0 N–H and O–H groups in total. The second-order valence-electron chi connectivity index (χ2n) is 6.39. The van der Waals surface area contributed by atoms with Crippen molar-refractivity contribution in [1.82, 2.24) is 4.90 Å². The zero-order chi connectivity index (χ0) is 21.3. The van der Waals surface area contributed by atoms with Crippen LogP contribution in [0.15, 0.2) is 48.5 Å². The van der Waals surface area contributed by atoms with Crippen molar-refractivity contribution in [2.75, 3.05) is 14.1 Å². The second kappa shape index (κ2) is 7.37. The molecule has 1 amide bonds. The number of rotatable bonds is 6. The van der Waals surface area contributed by atoms with Gasteiger partial charge in [-0.25, -0.2) is 0 Å². The SMILES string of the molecule is CN(C)C(=O)c1ccc(Oc2ccc(C(F)(F)C(F)(F)C(C)(F)F)cc2)cc1. The third-order valence-electron chi connectivity index (χ3n) is 3.91. The van der Waals surface area contributed by atoms with E-state index in [1.54, 1.807) is 14.1 Å². The first-order valence-corrected chi connectivity index (χ1v) is 8.01. The Morgan fingerprint density at radius 3 is 1.64 bits per heavy atom. The maximum Gasteiger partial charge on any atom is 0.375 e. The number of carbonyl (C=O) groups is 1. The number of ether oxygens (including phenoxy) is 1. The Labute approximate surface area is 157 Å². The lowest BCUT2D eigenvalue weighted by molar-refractivity contribution is -0.308. The lowest BCUT2D eigenvalue weighted by Crippen LogP contribution is -2.50. The van der Waals surface area contributed by atoms with E-state index in [1.807, 2.05) is 0 Å². The van der Waals surface area contributed by atoms with E-state index in [4.69, 9.17) is 4.74 Å². The molecular weight excluding hydrogens is 388 g/mol. The molecule has 0 fully saturated rings. The van der Waals surface area contributed by atoms with E-state index in [1.165, 1.54) is 29.2 Å². The van der Waals surface area contributed by atoms with Crippen LogP contribution in [0.1, 0.15) is 22.8 Å². The standard InChI is InChI=1S/C19H17F6NO2/c1-17(20,21)19(24,25)18(22,23)13-6-10-15(11-7-13)28-14-8-4-12(5-9-14)16(27)26(2)3/h4-11H,1-3H3. The van der Waals surface area contributed by atoms with Gasteiger partial charge in [0.15, 0.2) is 0 Å². The molecule has 2 aromatic carbocycles. The highest BCUT2D eigenvalue weighted by Crippen LogP contribution is 2.51. The van der Waals surface area contributed by atoms with Crippen molar-refractivity contribution < 1.29 is 35.9 Å². The first-order chi connectivity index (χ1) is 12.8. The van der Waals surface area contributed by atoms with Crippen LogP contribution < -0.4 is 4.74 Å². The maximum absolute atomic E-state index is 13.9. The zero-order valence-corrected chi connectivity index (χ0v) is 15.2. The number of alkyl halides is 6. The highest BCUT2D eigenvalue weighted by Gasteiger charge is 2.69. The molecule has 9 heteroatoms. The van der Waals surface area contributed by atoms with Gasteiger partial charge in [0.1, 0.15) is 11.5 Å². The minimum atomic E-state index is -5.56. The summed E-state index contributed by atoms with van der Waals surface area (Å²) in [6, 6.07) is 9.03. The highest BCUT2D eigenvalue weighted by molar-refractivity contribution is 5.93.